The number of aromatic nitrogens is 1. The monoisotopic (exact) mass is 495 g/mol. The maximum Gasteiger partial charge on any atom is 0.279 e. The van der Waals surface area contributed by atoms with Gasteiger partial charge in [0.2, 0.25) is 5.91 Å². The Balaban J connectivity index is 1.84. The lowest BCUT2D eigenvalue weighted by atomic mass is 9.82. The number of amides is 2. The molecule has 3 aliphatic heterocycles. The zero-order chi connectivity index (χ0) is 25.9. The molecule has 1 aromatic carbocycles. The van der Waals surface area contributed by atoms with Crippen LogP contribution in [0.25, 0.3) is 10.9 Å². The number of piperazine rings is 1. The lowest BCUT2D eigenvalue weighted by Crippen LogP contribution is -2.74. The van der Waals surface area contributed by atoms with E-state index in [0.717, 1.165) is 16.7 Å². The molecule has 9 heteroatoms. The number of fused-ring (bicyclic) bond motifs is 5. The molecule has 2 amide bonds. The second kappa shape index (κ2) is 8.76. The number of ether oxygens (including phenoxy) is 1. The topological polar surface area (TPSA) is 115 Å². The summed E-state index contributed by atoms with van der Waals surface area (Å²) < 4.78 is 7.43. The second-order valence-electron chi connectivity index (χ2n) is 10.2. The highest BCUT2D eigenvalue weighted by Gasteiger charge is 2.65. The fourth-order valence-corrected chi connectivity index (χ4v) is 5.92. The molecular formula is C27H33N3O6. The molecule has 2 saturated heterocycles. The Hall–Kier alpha value is -3.14. The zero-order valence-corrected chi connectivity index (χ0v) is 21.1. The first-order valence-electron chi connectivity index (χ1n) is 12.3. The van der Waals surface area contributed by atoms with Gasteiger partial charge in [-0.1, -0.05) is 23.3 Å². The van der Waals surface area contributed by atoms with E-state index in [1.165, 1.54) is 9.80 Å². The van der Waals surface area contributed by atoms with Gasteiger partial charge in [0.25, 0.3) is 11.6 Å². The fourth-order valence-electron chi connectivity index (χ4n) is 5.92. The minimum absolute atomic E-state index is 0.0961. The minimum Gasteiger partial charge on any atom is -0.497 e. The Morgan fingerprint density at radius 3 is 2.67 bits per heavy atom. The van der Waals surface area contributed by atoms with E-state index in [1.807, 2.05) is 49.6 Å². The van der Waals surface area contributed by atoms with Crippen molar-refractivity contribution in [2.45, 2.75) is 64.1 Å². The smallest absolute Gasteiger partial charge is 0.279 e. The van der Waals surface area contributed by atoms with Gasteiger partial charge in [0.1, 0.15) is 17.9 Å². The van der Waals surface area contributed by atoms with E-state index in [1.54, 1.807) is 13.2 Å². The highest BCUT2D eigenvalue weighted by molar-refractivity contribution is 6.02. The van der Waals surface area contributed by atoms with Crippen LogP contribution in [-0.4, -0.2) is 73.5 Å². The Morgan fingerprint density at radius 1 is 1.25 bits per heavy atom. The number of carbonyl (C=O) groups excluding carboxylic acids is 2. The number of carbonyl (C=O) groups is 2. The lowest BCUT2D eigenvalue weighted by Gasteiger charge is -2.54. The van der Waals surface area contributed by atoms with Crippen molar-refractivity contribution in [1.82, 2.24) is 14.4 Å². The normalized spacial score (nSPS) is 27.8. The summed E-state index contributed by atoms with van der Waals surface area (Å²) in [5.41, 5.74) is 1.03. The first-order chi connectivity index (χ1) is 17.1. The number of hydrogen-bond donors (Lipinski definition) is 3. The van der Waals surface area contributed by atoms with E-state index in [2.05, 4.69) is 0 Å². The number of rotatable bonds is 5. The van der Waals surface area contributed by atoms with Crippen LogP contribution in [0, 0.1) is 0 Å². The molecule has 0 radical (unpaired) electrons. The first kappa shape index (κ1) is 24.5. The molecule has 1 aromatic heterocycles. The van der Waals surface area contributed by atoms with Crippen molar-refractivity contribution < 1.29 is 29.6 Å². The molecule has 5 rings (SSSR count). The van der Waals surface area contributed by atoms with Crippen LogP contribution in [0.3, 0.4) is 0 Å². The van der Waals surface area contributed by atoms with Gasteiger partial charge in [0.15, 0.2) is 0 Å². The molecule has 4 atom stereocenters. The van der Waals surface area contributed by atoms with Gasteiger partial charge < -0.3 is 29.5 Å². The average molecular weight is 496 g/mol. The Labute approximate surface area is 209 Å². The van der Waals surface area contributed by atoms with Crippen molar-refractivity contribution >= 4 is 22.7 Å². The van der Waals surface area contributed by atoms with Gasteiger partial charge in [-0.2, -0.15) is 0 Å². The molecule has 0 unspecified atom stereocenters. The summed E-state index contributed by atoms with van der Waals surface area (Å²) >= 11 is 0. The molecule has 2 fully saturated rings. The predicted octanol–water partition coefficient (Wildman–Crippen LogP) is 2.16. The molecule has 4 heterocycles. The Kier molecular flexibility index (Phi) is 5.97. The third-order valence-electron chi connectivity index (χ3n) is 7.65. The summed E-state index contributed by atoms with van der Waals surface area (Å²) in [6.07, 6.45) is 3.30. The molecular weight excluding hydrogens is 462 g/mol. The number of aliphatic hydroxyl groups excluding tert-OH is 2. The highest BCUT2D eigenvalue weighted by Crippen LogP contribution is 2.52. The van der Waals surface area contributed by atoms with Gasteiger partial charge in [0.05, 0.1) is 31.0 Å². The van der Waals surface area contributed by atoms with E-state index in [9.17, 15) is 24.9 Å². The van der Waals surface area contributed by atoms with E-state index >= 15 is 0 Å². The quantitative estimate of drug-likeness (QED) is 0.548. The zero-order valence-electron chi connectivity index (χ0n) is 21.1. The van der Waals surface area contributed by atoms with Gasteiger partial charge in [-0.25, -0.2) is 0 Å². The number of nitrogens with zero attached hydrogens (tertiary/aromatic N) is 3. The summed E-state index contributed by atoms with van der Waals surface area (Å²) in [6, 6.07) is 3.99. The van der Waals surface area contributed by atoms with E-state index < -0.39 is 29.8 Å². The molecule has 0 bridgehead atoms. The van der Waals surface area contributed by atoms with Crippen LogP contribution in [0.1, 0.15) is 57.0 Å². The van der Waals surface area contributed by atoms with Crippen LogP contribution in [-0.2, 0) is 16.1 Å². The molecule has 192 valence electrons. The largest absolute Gasteiger partial charge is 0.497 e. The number of allylic oxidation sites excluding steroid dienone is 2. The van der Waals surface area contributed by atoms with Gasteiger partial charge in [0, 0.05) is 30.1 Å². The van der Waals surface area contributed by atoms with Crippen molar-refractivity contribution in [2.24, 2.45) is 0 Å². The molecule has 3 aliphatic rings. The van der Waals surface area contributed by atoms with Crippen molar-refractivity contribution in [3.63, 3.8) is 0 Å². The Morgan fingerprint density at radius 2 is 2.00 bits per heavy atom. The summed E-state index contributed by atoms with van der Waals surface area (Å²) in [5.74, 6) is -0.391. The Bertz CT molecular complexity index is 1310. The molecule has 9 nitrogen and oxygen atoms in total. The SMILES string of the molecule is COc1ccc2c3c(n(C/C=C(\C)CO)c2c1)[C@H](C=C(C)C)N1C(=O)[C@@H]2CCCN2C(=O)[C@]1(O)[C@H]3O. The lowest BCUT2D eigenvalue weighted by molar-refractivity contribution is -0.229. The summed E-state index contributed by atoms with van der Waals surface area (Å²) in [4.78, 5) is 30.2. The van der Waals surface area contributed by atoms with Gasteiger partial charge in [-0.15, -0.1) is 0 Å². The minimum atomic E-state index is -2.42. The fraction of sp³-hybridized carbons (Fsp3) is 0.481. The highest BCUT2D eigenvalue weighted by atomic mass is 16.5. The molecule has 36 heavy (non-hydrogen) atoms. The molecule has 2 aromatic rings. The maximum atomic E-state index is 13.8. The van der Waals surface area contributed by atoms with Crippen molar-refractivity contribution in [3.8, 4) is 5.75 Å². The maximum absolute atomic E-state index is 13.8. The predicted molar refractivity (Wildman–Crippen MR) is 133 cm³/mol. The van der Waals surface area contributed by atoms with Gasteiger partial charge in [-0.3, -0.25) is 14.5 Å². The van der Waals surface area contributed by atoms with Crippen LogP contribution < -0.4 is 4.74 Å². The summed E-state index contributed by atoms with van der Waals surface area (Å²) in [5, 5.41) is 33.9. The van der Waals surface area contributed by atoms with E-state index in [0.29, 0.717) is 48.3 Å². The van der Waals surface area contributed by atoms with E-state index in [-0.39, 0.29) is 12.5 Å². The van der Waals surface area contributed by atoms with Crippen LogP contribution in [0.4, 0.5) is 0 Å². The number of methoxy groups -OCH3 is 1. The van der Waals surface area contributed by atoms with Crippen LogP contribution >= 0.6 is 0 Å². The second-order valence-corrected chi connectivity index (χ2v) is 10.2. The molecule has 0 spiro atoms. The van der Waals surface area contributed by atoms with Gasteiger partial charge in [-0.05, 0) is 45.7 Å². The van der Waals surface area contributed by atoms with Crippen molar-refractivity contribution in [1.29, 1.82) is 0 Å². The summed E-state index contributed by atoms with van der Waals surface area (Å²) in [7, 11) is 1.57. The number of hydrogen-bond acceptors (Lipinski definition) is 6. The molecule has 3 N–H and O–H groups in total. The van der Waals surface area contributed by atoms with Crippen LogP contribution in [0.15, 0.2) is 41.5 Å². The average Bonchev–Trinajstić information content (AvgIpc) is 3.47. The van der Waals surface area contributed by atoms with E-state index in [4.69, 9.17) is 4.74 Å². The third kappa shape index (κ3) is 3.33. The standard InChI is InChI=1S/C27H33N3O6/c1-15(2)12-21-23-22(18-8-7-17(36-4)13-20(18)28(23)11-9-16(3)14-31)24(32)27(35)26(34)29-10-5-6-19(29)25(33)30(21)27/h7-9,12-13,19,21,24,31-32,35H,5-6,10-11,14H2,1-4H3/b16-9+/t19-,21-,24-,27+/m0/s1. The molecule has 0 aliphatic carbocycles. The third-order valence-corrected chi connectivity index (χ3v) is 7.65. The molecule has 0 saturated carbocycles. The van der Waals surface area contributed by atoms with Gasteiger partial charge >= 0.3 is 0 Å². The number of aliphatic hydroxyl groups is 3. The number of benzene rings is 1. The summed E-state index contributed by atoms with van der Waals surface area (Å²) in [6.45, 7) is 6.25. The van der Waals surface area contributed by atoms with Crippen LogP contribution in [0.2, 0.25) is 0 Å². The first-order valence-corrected chi connectivity index (χ1v) is 12.3. The van der Waals surface area contributed by atoms with Crippen LogP contribution in [0.5, 0.6) is 5.75 Å². The van der Waals surface area contributed by atoms with Crippen molar-refractivity contribution in [3.05, 3.63) is 52.8 Å². The van der Waals surface area contributed by atoms with Crippen molar-refractivity contribution in [2.75, 3.05) is 20.3 Å².